The van der Waals surface area contributed by atoms with Gasteiger partial charge in [-0.3, -0.25) is 0 Å². The summed E-state index contributed by atoms with van der Waals surface area (Å²) in [6.07, 6.45) is 1.41. The highest BCUT2D eigenvalue weighted by atomic mass is 35.5. The molecular weight excluding hydrogens is 424 g/mol. The third kappa shape index (κ3) is 5.21. The molecule has 0 aliphatic carbocycles. The van der Waals surface area contributed by atoms with E-state index in [0.717, 1.165) is 0 Å². The quantitative estimate of drug-likeness (QED) is 0.373. The second-order valence-corrected chi connectivity index (χ2v) is 6.94. The van der Waals surface area contributed by atoms with Gasteiger partial charge in [0, 0.05) is 11.1 Å². The second kappa shape index (κ2) is 9.17. The van der Waals surface area contributed by atoms with Gasteiger partial charge in [0.2, 0.25) is 0 Å². The highest BCUT2D eigenvalue weighted by molar-refractivity contribution is 6.33. The van der Waals surface area contributed by atoms with Crippen LogP contribution in [-0.4, -0.2) is 27.3 Å². The molecule has 1 heterocycles. The first-order chi connectivity index (χ1) is 15.0. The van der Waals surface area contributed by atoms with Gasteiger partial charge in [-0.2, -0.15) is 0 Å². The molecule has 4 rings (SSSR count). The molecule has 0 aliphatic heterocycles. The number of nitrogens with zero attached hydrogens (tertiary/aromatic N) is 2. The van der Waals surface area contributed by atoms with E-state index in [1.807, 2.05) is 0 Å². The lowest BCUT2D eigenvalue weighted by molar-refractivity contribution is 0.288. The Kier molecular flexibility index (Phi) is 6.17. The van der Waals surface area contributed by atoms with Crippen molar-refractivity contribution in [2.75, 3.05) is 5.32 Å². The van der Waals surface area contributed by atoms with Crippen molar-refractivity contribution in [3.8, 4) is 11.5 Å². The molecule has 0 fully saturated rings. The van der Waals surface area contributed by atoms with E-state index in [0.29, 0.717) is 38.7 Å². The first-order valence-electron chi connectivity index (χ1n) is 9.19. The van der Waals surface area contributed by atoms with Crippen LogP contribution in [0.2, 0.25) is 5.02 Å². The van der Waals surface area contributed by atoms with E-state index in [1.165, 1.54) is 18.5 Å². The summed E-state index contributed by atoms with van der Waals surface area (Å²) in [5.41, 5.74) is 1.98. The van der Waals surface area contributed by atoms with Crippen LogP contribution in [0.4, 0.5) is 15.9 Å². The maximum atomic E-state index is 13.3. The Labute approximate surface area is 182 Å². The van der Waals surface area contributed by atoms with Crippen molar-refractivity contribution < 1.29 is 23.8 Å². The Morgan fingerprint density at radius 2 is 1.90 bits per heavy atom. The Bertz CT molecular complexity index is 1230. The van der Waals surface area contributed by atoms with Gasteiger partial charge < -0.3 is 24.8 Å². The predicted molar refractivity (Wildman–Crippen MR) is 116 cm³/mol. The minimum absolute atomic E-state index is 0.181. The van der Waals surface area contributed by atoms with Gasteiger partial charge in [-0.25, -0.2) is 14.4 Å². The van der Waals surface area contributed by atoms with E-state index in [9.17, 15) is 4.39 Å². The molecule has 0 bridgehead atoms. The topological polar surface area (TPSA) is 96.7 Å². The van der Waals surface area contributed by atoms with Crippen LogP contribution >= 0.6 is 11.6 Å². The van der Waals surface area contributed by atoms with Crippen LogP contribution < -0.4 is 14.7 Å². The SMILES string of the molecule is OB(O)Oc1ccc2ncnc(Nc3ccc(OCc4cccc(F)c4)c(Cl)c3)c2c1. The fraction of sp³-hybridized carbons (Fsp3) is 0.0476. The van der Waals surface area contributed by atoms with Gasteiger partial charge >= 0.3 is 7.32 Å². The molecule has 0 saturated heterocycles. The van der Waals surface area contributed by atoms with E-state index < -0.39 is 7.32 Å². The van der Waals surface area contributed by atoms with E-state index in [2.05, 4.69) is 15.3 Å². The first-order valence-corrected chi connectivity index (χ1v) is 9.57. The summed E-state index contributed by atoms with van der Waals surface area (Å²) in [6.45, 7) is 0.181. The van der Waals surface area contributed by atoms with Gasteiger partial charge in [0.15, 0.2) is 0 Å². The molecule has 3 N–H and O–H groups in total. The number of ether oxygens (including phenoxy) is 1. The Morgan fingerprint density at radius 3 is 2.68 bits per heavy atom. The Morgan fingerprint density at radius 1 is 1.03 bits per heavy atom. The van der Waals surface area contributed by atoms with E-state index in [-0.39, 0.29) is 18.2 Å². The molecular formula is C21H16BClFN3O4. The van der Waals surface area contributed by atoms with Crippen molar-refractivity contribution in [2.45, 2.75) is 6.61 Å². The molecule has 0 unspecified atom stereocenters. The molecule has 4 aromatic rings. The number of nitrogens with one attached hydrogen (secondary N) is 1. The molecule has 0 saturated carbocycles. The van der Waals surface area contributed by atoms with E-state index >= 15 is 0 Å². The number of benzene rings is 3. The molecule has 3 aromatic carbocycles. The largest absolute Gasteiger partial charge is 0.707 e. The van der Waals surface area contributed by atoms with Gasteiger partial charge in [0.25, 0.3) is 0 Å². The van der Waals surface area contributed by atoms with Crippen LogP contribution in [0.25, 0.3) is 10.9 Å². The molecule has 1 aromatic heterocycles. The minimum atomic E-state index is -1.93. The fourth-order valence-corrected chi connectivity index (χ4v) is 3.19. The van der Waals surface area contributed by atoms with Crippen LogP contribution in [0.5, 0.6) is 11.5 Å². The number of anilines is 2. The summed E-state index contributed by atoms with van der Waals surface area (Å²) in [7, 11) is -1.93. The summed E-state index contributed by atoms with van der Waals surface area (Å²) in [6, 6.07) is 16.1. The Balaban J connectivity index is 1.53. The molecule has 0 radical (unpaired) electrons. The third-order valence-electron chi connectivity index (χ3n) is 4.33. The van der Waals surface area contributed by atoms with Crippen LogP contribution in [0.1, 0.15) is 5.56 Å². The summed E-state index contributed by atoms with van der Waals surface area (Å²) >= 11 is 6.35. The molecule has 0 amide bonds. The molecule has 156 valence electrons. The highest BCUT2D eigenvalue weighted by Crippen LogP contribution is 2.32. The fourth-order valence-electron chi connectivity index (χ4n) is 2.95. The number of aromatic nitrogens is 2. The monoisotopic (exact) mass is 439 g/mol. The molecule has 10 heteroatoms. The maximum Gasteiger partial charge on any atom is 0.707 e. The molecule has 31 heavy (non-hydrogen) atoms. The number of hydrogen-bond acceptors (Lipinski definition) is 7. The van der Waals surface area contributed by atoms with Crippen molar-refractivity contribution >= 4 is 41.3 Å². The molecule has 0 aliphatic rings. The normalized spacial score (nSPS) is 10.7. The number of rotatable bonds is 7. The van der Waals surface area contributed by atoms with Gasteiger partial charge in [0.05, 0.1) is 10.5 Å². The summed E-state index contributed by atoms with van der Waals surface area (Å²) in [5.74, 6) is 0.856. The van der Waals surface area contributed by atoms with Crippen molar-refractivity contribution in [3.63, 3.8) is 0 Å². The maximum absolute atomic E-state index is 13.3. The standard InChI is InChI=1S/C21H16BClFN3O4/c23-18-9-15(4-7-20(18)30-11-13-2-1-3-14(24)8-13)27-21-17-10-16(31-22(28)29)5-6-19(17)25-12-26-21/h1-10,12,28-29H,11H2,(H,25,26,27). The number of halogens is 2. The zero-order valence-electron chi connectivity index (χ0n) is 16.0. The average Bonchev–Trinajstić information content (AvgIpc) is 2.73. The molecule has 7 nitrogen and oxygen atoms in total. The van der Waals surface area contributed by atoms with Crippen molar-refractivity contribution in [1.29, 1.82) is 0 Å². The zero-order valence-corrected chi connectivity index (χ0v) is 16.8. The van der Waals surface area contributed by atoms with Gasteiger partial charge in [-0.05, 0) is 54.1 Å². The van der Waals surface area contributed by atoms with Crippen molar-refractivity contribution in [1.82, 2.24) is 9.97 Å². The second-order valence-electron chi connectivity index (χ2n) is 6.53. The smallest absolute Gasteiger partial charge is 0.512 e. The van der Waals surface area contributed by atoms with Gasteiger partial charge in [-0.1, -0.05) is 23.7 Å². The number of hydrogen-bond donors (Lipinski definition) is 3. The van der Waals surface area contributed by atoms with Crippen LogP contribution in [-0.2, 0) is 6.61 Å². The lowest BCUT2D eigenvalue weighted by Crippen LogP contribution is -2.20. The third-order valence-corrected chi connectivity index (χ3v) is 4.62. The van der Waals surface area contributed by atoms with E-state index in [1.54, 1.807) is 48.5 Å². The lowest BCUT2D eigenvalue weighted by Gasteiger charge is -2.12. The highest BCUT2D eigenvalue weighted by Gasteiger charge is 2.13. The zero-order chi connectivity index (χ0) is 21.8. The number of fused-ring (bicyclic) bond motifs is 1. The lowest BCUT2D eigenvalue weighted by atomic mass is 10.2. The predicted octanol–water partition coefficient (Wildman–Crippen LogP) is 4.09. The van der Waals surface area contributed by atoms with Gasteiger partial charge in [0.1, 0.15) is 36.1 Å². The van der Waals surface area contributed by atoms with Crippen molar-refractivity contribution in [2.24, 2.45) is 0 Å². The van der Waals surface area contributed by atoms with E-state index in [4.69, 9.17) is 31.0 Å². The van der Waals surface area contributed by atoms with Crippen LogP contribution in [0.3, 0.4) is 0 Å². The Hall–Kier alpha value is -3.40. The average molecular weight is 440 g/mol. The summed E-state index contributed by atoms with van der Waals surface area (Å²) in [4.78, 5) is 8.44. The van der Waals surface area contributed by atoms with Crippen LogP contribution in [0.15, 0.2) is 67.0 Å². The summed E-state index contributed by atoms with van der Waals surface area (Å²) < 4.78 is 23.9. The first kappa shape index (κ1) is 20.9. The minimum Gasteiger partial charge on any atom is -0.512 e. The molecule has 0 spiro atoms. The summed E-state index contributed by atoms with van der Waals surface area (Å²) in [5, 5.41) is 22.2. The van der Waals surface area contributed by atoms with Gasteiger partial charge in [-0.15, -0.1) is 0 Å². The van der Waals surface area contributed by atoms with Crippen molar-refractivity contribution in [3.05, 3.63) is 83.4 Å². The molecule has 0 atom stereocenters. The van der Waals surface area contributed by atoms with Crippen LogP contribution in [0, 0.1) is 5.82 Å².